The van der Waals surface area contributed by atoms with Crippen molar-refractivity contribution in [2.45, 2.75) is 50.7 Å². The number of aliphatic hydroxyl groups excluding tert-OH is 1. The van der Waals surface area contributed by atoms with Gasteiger partial charge in [-0.2, -0.15) is 0 Å². The second kappa shape index (κ2) is 5.42. The van der Waals surface area contributed by atoms with E-state index in [4.69, 9.17) is 5.11 Å². The van der Waals surface area contributed by atoms with Crippen LogP contribution in [-0.4, -0.2) is 19.6 Å². The van der Waals surface area contributed by atoms with Gasteiger partial charge >= 0.3 is 0 Å². The minimum absolute atomic E-state index is 0.118. The van der Waals surface area contributed by atoms with Crippen LogP contribution >= 0.6 is 0 Å². The molecule has 1 unspecified atom stereocenters. The van der Waals surface area contributed by atoms with Gasteiger partial charge in [0.15, 0.2) is 0 Å². The fourth-order valence-corrected chi connectivity index (χ4v) is 4.01. The predicted molar refractivity (Wildman–Crippen MR) is 74.1 cm³/mol. The molecule has 1 aliphatic rings. The first kappa shape index (κ1) is 15.4. The van der Waals surface area contributed by atoms with Gasteiger partial charge in [0, 0.05) is 6.04 Å². The third-order valence-electron chi connectivity index (χ3n) is 3.76. The highest BCUT2D eigenvalue weighted by atomic mass is 32.2. The van der Waals surface area contributed by atoms with Gasteiger partial charge in [-0.3, -0.25) is 0 Å². The van der Waals surface area contributed by atoms with E-state index in [1.807, 2.05) is 0 Å². The Labute approximate surface area is 119 Å². The fraction of sp³-hybridized carbons (Fsp3) is 0.571. The minimum Gasteiger partial charge on any atom is -0.392 e. The van der Waals surface area contributed by atoms with Gasteiger partial charge in [-0.25, -0.2) is 17.5 Å². The lowest BCUT2D eigenvalue weighted by molar-refractivity contribution is 0.281. The lowest BCUT2D eigenvalue weighted by atomic mass is 9.92. The van der Waals surface area contributed by atoms with Crippen molar-refractivity contribution < 1.29 is 17.9 Å². The summed E-state index contributed by atoms with van der Waals surface area (Å²) < 4.78 is 40.8. The van der Waals surface area contributed by atoms with Crippen LogP contribution in [-0.2, 0) is 16.6 Å². The molecule has 0 aromatic heterocycles. The molecule has 1 atom stereocenters. The van der Waals surface area contributed by atoms with Gasteiger partial charge < -0.3 is 5.11 Å². The van der Waals surface area contributed by atoms with E-state index in [-0.39, 0.29) is 23.0 Å². The number of rotatable bonds is 4. The zero-order valence-electron chi connectivity index (χ0n) is 11.7. The van der Waals surface area contributed by atoms with Crippen molar-refractivity contribution in [3.8, 4) is 0 Å². The lowest BCUT2D eigenvalue weighted by Crippen LogP contribution is -2.34. The Balaban J connectivity index is 2.19. The third kappa shape index (κ3) is 3.37. The number of hydrogen-bond acceptors (Lipinski definition) is 3. The van der Waals surface area contributed by atoms with E-state index in [2.05, 4.69) is 18.6 Å². The standard InChI is InChI=1S/C14H20FNO3S/c1-14(2)6-5-11(8-14)16-20(18,19)13-4-3-10(9-17)7-12(13)15/h3-4,7,11,16-17H,5-6,8-9H2,1-2H3. The molecule has 20 heavy (non-hydrogen) atoms. The molecule has 2 N–H and O–H groups in total. The number of hydrogen-bond donors (Lipinski definition) is 2. The van der Waals surface area contributed by atoms with Crippen LogP contribution in [0, 0.1) is 11.2 Å². The van der Waals surface area contributed by atoms with Crippen LogP contribution in [0.25, 0.3) is 0 Å². The predicted octanol–water partition coefficient (Wildman–Crippen LogP) is 2.17. The molecule has 0 saturated heterocycles. The fourth-order valence-electron chi connectivity index (χ4n) is 2.68. The zero-order valence-corrected chi connectivity index (χ0v) is 12.5. The summed E-state index contributed by atoms with van der Waals surface area (Å²) in [5.74, 6) is -0.832. The summed E-state index contributed by atoms with van der Waals surface area (Å²) >= 11 is 0. The van der Waals surface area contributed by atoms with Crippen molar-refractivity contribution in [2.24, 2.45) is 5.41 Å². The van der Waals surface area contributed by atoms with Crippen molar-refractivity contribution >= 4 is 10.0 Å². The van der Waals surface area contributed by atoms with Crippen LogP contribution in [0.5, 0.6) is 0 Å². The molecule has 0 radical (unpaired) electrons. The Bertz CT molecular complexity index is 598. The lowest BCUT2D eigenvalue weighted by Gasteiger charge is -2.18. The summed E-state index contributed by atoms with van der Waals surface area (Å²) in [7, 11) is -3.86. The van der Waals surface area contributed by atoms with E-state index in [1.54, 1.807) is 0 Å². The summed E-state index contributed by atoms with van der Waals surface area (Å²) in [5.41, 5.74) is 0.468. The second-order valence-electron chi connectivity index (χ2n) is 6.15. The van der Waals surface area contributed by atoms with Gasteiger partial charge in [0.05, 0.1) is 6.61 Å². The molecule has 1 aromatic carbocycles. The Morgan fingerprint density at radius 3 is 2.65 bits per heavy atom. The highest BCUT2D eigenvalue weighted by molar-refractivity contribution is 7.89. The van der Waals surface area contributed by atoms with Crippen molar-refractivity contribution in [1.29, 1.82) is 0 Å². The first-order valence-corrected chi connectivity index (χ1v) is 8.13. The van der Waals surface area contributed by atoms with Crippen molar-refractivity contribution in [3.63, 3.8) is 0 Å². The van der Waals surface area contributed by atoms with E-state index >= 15 is 0 Å². The smallest absolute Gasteiger partial charge is 0.243 e. The summed E-state index contributed by atoms with van der Waals surface area (Å²) in [6.45, 7) is 3.87. The summed E-state index contributed by atoms with van der Waals surface area (Å²) in [6.07, 6.45) is 2.47. The number of aliphatic hydroxyl groups is 1. The molecular weight excluding hydrogens is 281 g/mol. The van der Waals surface area contributed by atoms with E-state index in [9.17, 15) is 12.8 Å². The SMILES string of the molecule is CC1(C)CCC(NS(=O)(=O)c2ccc(CO)cc2F)C1. The zero-order chi connectivity index (χ0) is 15.0. The Hall–Kier alpha value is -0.980. The monoisotopic (exact) mass is 301 g/mol. The van der Waals surface area contributed by atoms with Crippen molar-refractivity contribution in [1.82, 2.24) is 4.72 Å². The Morgan fingerprint density at radius 2 is 2.15 bits per heavy atom. The molecule has 1 saturated carbocycles. The molecule has 1 aromatic rings. The van der Waals surface area contributed by atoms with Crippen LogP contribution in [0.15, 0.2) is 23.1 Å². The van der Waals surface area contributed by atoms with Gasteiger partial charge in [-0.05, 0) is 42.4 Å². The summed E-state index contributed by atoms with van der Waals surface area (Å²) in [4.78, 5) is -0.362. The maximum absolute atomic E-state index is 13.8. The van der Waals surface area contributed by atoms with Crippen molar-refractivity contribution in [2.75, 3.05) is 0 Å². The molecule has 6 heteroatoms. The van der Waals surface area contributed by atoms with E-state index in [0.717, 1.165) is 25.3 Å². The highest BCUT2D eigenvalue weighted by Gasteiger charge is 2.34. The molecule has 0 aliphatic heterocycles. The second-order valence-corrected chi connectivity index (χ2v) is 7.83. The quantitative estimate of drug-likeness (QED) is 0.895. The van der Waals surface area contributed by atoms with Gasteiger partial charge in [0.1, 0.15) is 10.7 Å². The third-order valence-corrected chi connectivity index (χ3v) is 5.31. The summed E-state index contributed by atoms with van der Waals surface area (Å²) in [5, 5.41) is 8.91. The van der Waals surface area contributed by atoms with E-state index < -0.39 is 15.8 Å². The average Bonchev–Trinajstić information content (AvgIpc) is 2.67. The molecule has 1 fully saturated rings. The summed E-state index contributed by atoms with van der Waals surface area (Å²) in [6, 6.07) is 3.51. The minimum atomic E-state index is -3.86. The Morgan fingerprint density at radius 1 is 1.45 bits per heavy atom. The van der Waals surface area contributed by atoms with Gasteiger partial charge in [-0.1, -0.05) is 19.9 Å². The average molecular weight is 301 g/mol. The molecular formula is C14H20FNO3S. The molecule has 4 nitrogen and oxygen atoms in total. The number of benzene rings is 1. The van der Waals surface area contributed by atoms with Crippen LogP contribution in [0.3, 0.4) is 0 Å². The van der Waals surface area contributed by atoms with Crippen molar-refractivity contribution in [3.05, 3.63) is 29.6 Å². The van der Waals surface area contributed by atoms with Gasteiger partial charge in [0.2, 0.25) is 10.0 Å². The first-order valence-electron chi connectivity index (χ1n) is 6.65. The molecule has 0 bridgehead atoms. The molecule has 1 aliphatic carbocycles. The van der Waals surface area contributed by atoms with Crippen LogP contribution in [0.2, 0.25) is 0 Å². The maximum atomic E-state index is 13.8. The van der Waals surface area contributed by atoms with Crippen LogP contribution in [0.4, 0.5) is 4.39 Å². The van der Waals surface area contributed by atoms with Gasteiger partial charge in [-0.15, -0.1) is 0 Å². The molecule has 0 amide bonds. The van der Waals surface area contributed by atoms with E-state index in [1.165, 1.54) is 12.1 Å². The molecule has 0 heterocycles. The maximum Gasteiger partial charge on any atom is 0.243 e. The molecule has 0 spiro atoms. The van der Waals surface area contributed by atoms with Crippen LogP contribution in [0.1, 0.15) is 38.7 Å². The molecule has 2 rings (SSSR count). The van der Waals surface area contributed by atoms with E-state index in [0.29, 0.717) is 5.56 Å². The molecule has 112 valence electrons. The normalized spacial score (nSPS) is 22.1. The Kier molecular flexibility index (Phi) is 4.18. The van der Waals surface area contributed by atoms with Gasteiger partial charge in [0.25, 0.3) is 0 Å². The number of halogens is 1. The first-order chi connectivity index (χ1) is 9.23. The largest absolute Gasteiger partial charge is 0.392 e. The highest BCUT2D eigenvalue weighted by Crippen LogP contribution is 2.37. The number of sulfonamides is 1. The topological polar surface area (TPSA) is 66.4 Å². The van der Waals surface area contributed by atoms with Crippen LogP contribution < -0.4 is 4.72 Å². The number of nitrogens with one attached hydrogen (secondary N) is 1.